The highest BCUT2D eigenvalue weighted by molar-refractivity contribution is 6.03. The molecule has 2 N–H and O–H groups in total. The molecule has 2 aliphatic carbocycles. The van der Waals surface area contributed by atoms with E-state index in [9.17, 15) is 14.7 Å². The lowest BCUT2D eigenvalue weighted by molar-refractivity contribution is -0.144. The van der Waals surface area contributed by atoms with E-state index in [0.29, 0.717) is 17.6 Å². The number of ether oxygens (including phenoxy) is 1. The number of nitrogens with one attached hydrogen (secondary N) is 1. The SMILES string of the molecule is CC1=C(C(=O)OC2CCCC2)C(c2cccc(O)c2)C2=C(CCCC2=O)N1. The number of phenolic OH excluding ortho intramolecular Hbond substituents is 1. The molecule has 1 fully saturated rings. The average Bonchev–Trinajstić information content (AvgIpc) is 3.13. The zero-order chi connectivity index (χ0) is 19.0. The van der Waals surface area contributed by atoms with E-state index in [1.807, 2.05) is 13.0 Å². The number of carbonyl (C=O) groups is 2. The monoisotopic (exact) mass is 367 g/mol. The number of rotatable bonds is 3. The van der Waals surface area contributed by atoms with Crippen molar-refractivity contribution in [1.82, 2.24) is 5.32 Å². The first-order chi connectivity index (χ1) is 13.0. The Bertz CT molecular complexity index is 846. The van der Waals surface area contributed by atoms with Crippen LogP contribution in [0.5, 0.6) is 5.75 Å². The van der Waals surface area contributed by atoms with Crippen LogP contribution in [0.1, 0.15) is 63.4 Å². The number of hydrogen-bond donors (Lipinski definition) is 2. The van der Waals surface area contributed by atoms with Crippen LogP contribution in [-0.4, -0.2) is 23.0 Å². The second-order valence-corrected chi connectivity index (χ2v) is 7.67. The van der Waals surface area contributed by atoms with E-state index in [1.165, 1.54) is 0 Å². The maximum Gasteiger partial charge on any atom is 0.337 e. The number of phenols is 1. The first-order valence-corrected chi connectivity index (χ1v) is 9.78. The lowest BCUT2D eigenvalue weighted by Crippen LogP contribution is -2.35. The van der Waals surface area contributed by atoms with Gasteiger partial charge in [0.05, 0.1) is 5.57 Å². The van der Waals surface area contributed by atoms with Crippen molar-refractivity contribution < 1.29 is 19.4 Å². The van der Waals surface area contributed by atoms with Gasteiger partial charge < -0.3 is 15.2 Å². The number of allylic oxidation sites excluding steroid dienone is 3. The van der Waals surface area contributed by atoms with Gasteiger partial charge in [0.15, 0.2) is 5.78 Å². The Labute approximate surface area is 159 Å². The molecule has 1 aromatic rings. The summed E-state index contributed by atoms with van der Waals surface area (Å²) in [4.78, 5) is 25.9. The van der Waals surface area contributed by atoms with E-state index >= 15 is 0 Å². The minimum atomic E-state index is -0.491. The van der Waals surface area contributed by atoms with Crippen molar-refractivity contribution in [2.24, 2.45) is 0 Å². The van der Waals surface area contributed by atoms with E-state index in [-0.39, 0.29) is 23.6 Å². The molecule has 0 amide bonds. The molecule has 3 aliphatic rings. The second-order valence-electron chi connectivity index (χ2n) is 7.67. The lowest BCUT2D eigenvalue weighted by atomic mass is 9.75. The summed E-state index contributed by atoms with van der Waals surface area (Å²) in [6.45, 7) is 1.86. The lowest BCUT2D eigenvalue weighted by Gasteiger charge is -2.34. The molecule has 142 valence electrons. The smallest absolute Gasteiger partial charge is 0.337 e. The van der Waals surface area contributed by atoms with Crippen LogP contribution in [0, 0.1) is 0 Å². The fourth-order valence-corrected chi connectivity index (χ4v) is 4.51. The number of ketones is 1. The Balaban J connectivity index is 1.77. The minimum absolute atomic E-state index is 0.0416. The van der Waals surface area contributed by atoms with Crippen molar-refractivity contribution in [3.8, 4) is 5.75 Å². The van der Waals surface area contributed by atoms with E-state index in [4.69, 9.17) is 4.74 Å². The molecular weight excluding hydrogens is 342 g/mol. The molecule has 5 heteroatoms. The molecule has 1 aromatic carbocycles. The largest absolute Gasteiger partial charge is 0.508 e. The molecule has 0 spiro atoms. The number of carbonyl (C=O) groups excluding carboxylic acids is 2. The number of Topliss-reactive ketones (excluding diaryl/α,β-unsaturated/α-hetero) is 1. The zero-order valence-corrected chi connectivity index (χ0v) is 15.6. The highest BCUT2D eigenvalue weighted by Gasteiger charge is 2.39. The summed E-state index contributed by atoms with van der Waals surface area (Å²) in [5.74, 6) is -0.659. The summed E-state index contributed by atoms with van der Waals surface area (Å²) in [6.07, 6.45) is 6.01. The quantitative estimate of drug-likeness (QED) is 0.794. The summed E-state index contributed by atoms with van der Waals surface area (Å²) < 4.78 is 5.78. The van der Waals surface area contributed by atoms with E-state index in [1.54, 1.807) is 18.2 Å². The fraction of sp³-hybridized carbons (Fsp3) is 0.455. The van der Waals surface area contributed by atoms with Gasteiger partial charge in [0, 0.05) is 29.3 Å². The van der Waals surface area contributed by atoms with Gasteiger partial charge in [-0.25, -0.2) is 4.79 Å². The average molecular weight is 367 g/mol. The van der Waals surface area contributed by atoms with E-state index in [2.05, 4.69) is 5.32 Å². The molecule has 1 atom stereocenters. The van der Waals surface area contributed by atoms with Gasteiger partial charge in [0.1, 0.15) is 11.9 Å². The third-order valence-electron chi connectivity index (χ3n) is 5.78. The molecule has 0 bridgehead atoms. The fourth-order valence-electron chi connectivity index (χ4n) is 4.51. The highest BCUT2D eigenvalue weighted by Crippen LogP contribution is 2.43. The van der Waals surface area contributed by atoms with E-state index in [0.717, 1.165) is 55.5 Å². The van der Waals surface area contributed by atoms with Gasteiger partial charge in [-0.3, -0.25) is 4.79 Å². The van der Waals surface area contributed by atoms with Crippen LogP contribution < -0.4 is 5.32 Å². The predicted octanol–water partition coefficient (Wildman–Crippen LogP) is 3.85. The normalized spacial score (nSPS) is 23.3. The van der Waals surface area contributed by atoms with Crippen LogP contribution in [0.15, 0.2) is 46.8 Å². The maximum absolute atomic E-state index is 13.1. The third-order valence-corrected chi connectivity index (χ3v) is 5.78. The van der Waals surface area contributed by atoms with Crippen LogP contribution in [0.3, 0.4) is 0 Å². The number of benzene rings is 1. The van der Waals surface area contributed by atoms with E-state index < -0.39 is 5.92 Å². The molecule has 27 heavy (non-hydrogen) atoms. The molecule has 1 saturated carbocycles. The molecule has 1 unspecified atom stereocenters. The minimum Gasteiger partial charge on any atom is -0.508 e. The Morgan fingerprint density at radius 2 is 1.96 bits per heavy atom. The van der Waals surface area contributed by atoms with Crippen LogP contribution >= 0.6 is 0 Å². The predicted molar refractivity (Wildman–Crippen MR) is 101 cm³/mol. The van der Waals surface area contributed by atoms with Crippen molar-refractivity contribution in [2.45, 2.75) is 63.9 Å². The first kappa shape index (κ1) is 17.8. The van der Waals surface area contributed by atoms with Gasteiger partial charge in [-0.05, 0) is 63.1 Å². The summed E-state index contributed by atoms with van der Waals surface area (Å²) in [5, 5.41) is 13.3. The van der Waals surface area contributed by atoms with Crippen molar-refractivity contribution >= 4 is 11.8 Å². The number of aromatic hydroxyl groups is 1. The maximum atomic E-state index is 13.1. The van der Waals surface area contributed by atoms with Crippen molar-refractivity contribution in [3.63, 3.8) is 0 Å². The van der Waals surface area contributed by atoms with Gasteiger partial charge in [0.25, 0.3) is 0 Å². The van der Waals surface area contributed by atoms with Gasteiger partial charge in [-0.2, -0.15) is 0 Å². The van der Waals surface area contributed by atoms with Gasteiger partial charge in [-0.1, -0.05) is 12.1 Å². The molecular formula is C22H25NO4. The van der Waals surface area contributed by atoms with Gasteiger partial charge in [0.2, 0.25) is 0 Å². The molecule has 0 radical (unpaired) electrons. The topological polar surface area (TPSA) is 75.6 Å². The van der Waals surface area contributed by atoms with Crippen molar-refractivity contribution in [1.29, 1.82) is 0 Å². The number of esters is 1. The summed E-state index contributed by atoms with van der Waals surface area (Å²) >= 11 is 0. The summed E-state index contributed by atoms with van der Waals surface area (Å²) in [7, 11) is 0. The Kier molecular flexibility index (Phi) is 4.77. The van der Waals surface area contributed by atoms with Crippen LogP contribution in [0.4, 0.5) is 0 Å². The Hall–Kier alpha value is -2.56. The zero-order valence-electron chi connectivity index (χ0n) is 15.6. The molecule has 1 aliphatic heterocycles. The second kappa shape index (κ2) is 7.22. The van der Waals surface area contributed by atoms with Crippen LogP contribution in [-0.2, 0) is 14.3 Å². The summed E-state index contributed by atoms with van der Waals surface area (Å²) in [5.41, 5.74) is 3.52. The molecule has 4 rings (SSSR count). The number of dihydropyridines is 1. The van der Waals surface area contributed by atoms with Crippen molar-refractivity contribution in [2.75, 3.05) is 0 Å². The Morgan fingerprint density at radius 1 is 1.19 bits per heavy atom. The highest BCUT2D eigenvalue weighted by atomic mass is 16.5. The van der Waals surface area contributed by atoms with Gasteiger partial charge in [-0.15, -0.1) is 0 Å². The molecule has 5 nitrogen and oxygen atoms in total. The van der Waals surface area contributed by atoms with Gasteiger partial charge >= 0.3 is 5.97 Å². The van der Waals surface area contributed by atoms with Crippen LogP contribution in [0.2, 0.25) is 0 Å². The molecule has 0 saturated heterocycles. The Morgan fingerprint density at radius 3 is 2.70 bits per heavy atom. The van der Waals surface area contributed by atoms with Crippen molar-refractivity contribution in [3.05, 3.63) is 52.4 Å². The molecule has 0 aromatic heterocycles. The van der Waals surface area contributed by atoms with Crippen LogP contribution in [0.25, 0.3) is 0 Å². The summed E-state index contributed by atoms with van der Waals surface area (Å²) in [6, 6.07) is 6.84. The molecule has 1 heterocycles. The first-order valence-electron chi connectivity index (χ1n) is 9.78. The third kappa shape index (κ3) is 3.38. The standard InChI is InChI=1S/C22H25NO4/c1-13-19(22(26)27-16-8-2-3-9-16)20(14-6-4-7-15(24)12-14)21-17(23-13)10-5-11-18(21)25/h4,6-7,12,16,20,23-24H,2-3,5,8-11H2,1H3. The number of hydrogen-bond acceptors (Lipinski definition) is 5.